The number of rotatable bonds is 2. The molecule has 18 heavy (non-hydrogen) atoms. The van der Waals surface area contributed by atoms with Crippen LogP contribution in [-0.4, -0.2) is 28.7 Å². The second-order valence-corrected chi connectivity index (χ2v) is 5.08. The lowest BCUT2D eigenvalue weighted by Crippen LogP contribution is -2.46. The molecule has 1 amide bonds. The second kappa shape index (κ2) is 4.52. The van der Waals surface area contributed by atoms with Crippen molar-refractivity contribution < 1.29 is 14.0 Å². The molecule has 1 aromatic rings. The molecule has 0 N–H and O–H groups in total. The molecule has 1 saturated heterocycles. The third kappa shape index (κ3) is 2.28. The summed E-state index contributed by atoms with van der Waals surface area (Å²) in [5.41, 5.74) is 0.0495. The van der Waals surface area contributed by atoms with E-state index in [4.69, 9.17) is 0 Å². The van der Waals surface area contributed by atoms with Crippen LogP contribution in [0.15, 0.2) is 24.3 Å². The number of hydrogen-bond donors (Lipinski definition) is 0. The molecule has 0 aliphatic carbocycles. The molecular weight excluding hydrogens is 233 g/mol. The number of Topliss-reactive ketones (excluding diaryl/α,β-unsaturated/α-hetero) is 1. The second-order valence-electron chi connectivity index (χ2n) is 5.08. The topological polar surface area (TPSA) is 37.4 Å². The standard InChI is InChI=1S/C14H16FNO2/c1-14(2)12(17)7-8-16(14)13(18)9-10-3-5-11(15)6-4-10/h3-6H,7-9H2,1-2H3. The Morgan fingerprint density at radius 2 is 1.94 bits per heavy atom. The Hall–Kier alpha value is -1.71. The van der Waals surface area contributed by atoms with Gasteiger partial charge in [-0.25, -0.2) is 4.39 Å². The van der Waals surface area contributed by atoms with Gasteiger partial charge >= 0.3 is 0 Å². The summed E-state index contributed by atoms with van der Waals surface area (Å²) in [5, 5.41) is 0. The van der Waals surface area contributed by atoms with Crippen molar-refractivity contribution in [2.75, 3.05) is 6.54 Å². The van der Waals surface area contributed by atoms with Gasteiger partial charge in [0.25, 0.3) is 0 Å². The largest absolute Gasteiger partial charge is 0.330 e. The Morgan fingerprint density at radius 3 is 2.44 bits per heavy atom. The first-order valence-electron chi connectivity index (χ1n) is 5.99. The molecule has 2 rings (SSSR count). The van der Waals surface area contributed by atoms with E-state index in [1.165, 1.54) is 12.1 Å². The normalized spacial score (nSPS) is 18.2. The number of carbonyl (C=O) groups is 2. The highest BCUT2D eigenvalue weighted by Gasteiger charge is 2.42. The zero-order chi connectivity index (χ0) is 13.3. The number of halogens is 1. The highest BCUT2D eigenvalue weighted by molar-refractivity contribution is 5.95. The Morgan fingerprint density at radius 1 is 1.33 bits per heavy atom. The lowest BCUT2D eigenvalue weighted by molar-refractivity contribution is -0.138. The van der Waals surface area contributed by atoms with Crippen LogP contribution in [0.3, 0.4) is 0 Å². The Kier molecular flexibility index (Phi) is 3.20. The summed E-state index contributed by atoms with van der Waals surface area (Å²) in [6, 6.07) is 5.86. The first kappa shape index (κ1) is 12.7. The molecule has 0 saturated carbocycles. The van der Waals surface area contributed by atoms with Gasteiger partial charge in [0, 0.05) is 13.0 Å². The zero-order valence-electron chi connectivity index (χ0n) is 10.6. The molecular formula is C14H16FNO2. The molecule has 0 aromatic heterocycles. The van der Waals surface area contributed by atoms with Crippen LogP contribution < -0.4 is 0 Å². The van der Waals surface area contributed by atoms with Crippen LogP contribution in [0.25, 0.3) is 0 Å². The third-order valence-corrected chi connectivity index (χ3v) is 3.49. The summed E-state index contributed by atoms with van der Waals surface area (Å²) >= 11 is 0. The van der Waals surface area contributed by atoms with Gasteiger partial charge in [0.2, 0.25) is 5.91 Å². The number of amides is 1. The van der Waals surface area contributed by atoms with E-state index in [0.717, 1.165) is 5.56 Å². The van der Waals surface area contributed by atoms with Gasteiger partial charge in [0.1, 0.15) is 5.82 Å². The predicted octanol–water partition coefficient (Wildman–Crippen LogP) is 1.95. The van der Waals surface area contributed by atoms with E-state index >= 15 is 0 Å². The summed E-state index contributed by atoms with van der Waals surface area (Å²) in [5.74, 6) is -0.310. The van der Waals surface area contributed by atoms with Gasteiger partial charge in [-0.2, -0.15) is 0 Å². The molecule has 0 spiro atoms. The Balaban J connectivity index is 2.09. The predicted molar refractivity (Wildman–Crippen MR) is 65.5 cm³/mol. The maximum atomic E-state index is 12.8. The first-order chi connectivity index (χ1) is 8.41. The van der Waals surface area contributed by atoms with Gasteiger partial charge in [-0.05, 0) is 31.5 Å². The van der Waals surface area contributed by atoms with Crippen LogP contribution in [-0.2, 0) is 16.0 Å². The minimum Gasteiger partial charge on any atom is -0.330 e. The summed E-state index contributed by atoms with van der Waals surface area (Å²) in [6.45, 7) is 4.02. The Labute approximate surface area is 106 Å². The maximum Gasteiger partial charge on any atom is 0.227 e. The number of likely N-dealkylation sites (tertiary alicyclic amines) is 1. The molecule has 3 nitrogen and oxygen atoms in total. The molecule has 96 valence electrons. The lowest BCUT2D eigenvalue weighted by Gasteiger charge is -2.30. The van der Waals surface area contributed by atoms with Crippen LogP contribution in [0.2, 0.25) is 0 Å². The minimum atomic E-state index is -0.711. The fourth-order valence-corrected chi connectivity index (χ4v) is 2.26. The van der Waals surface area contributed by atoms with E-state index in [9.17, 15) is 14.0 Å². The van der Waals surface area contributed by atoms with Crippen molar-refractivity contribution in [3.05, 3.63) is 35.6 Å². The summed E-state index contributed by atoms with van der Waals surface area (Å²) in [4.78, 5) is 25.4. The first-order valence-corrected chi connectivity index (χ1v) is 5.99. The smallest absolute Gasteiger partial charge is 0.227 e. The van der Waals surface area contributed by atoms with Crippen LogP contribution >= 0.6 is 0 Å². The summed E-state index contributed by atoms with van der Waals surface area (Å²) in [7, 11) is 0. The SMILES string of the molecule is CC1(C)C(=O)CCN1C(=O)Cc1ccc(F)cc1. The molecule has 0 unspecified atom stereocenters. The molecule has 1 aromatic carbocycles. The van der Waals surface area contributed by atoms with Crippen molar-refractivity contribution in [1.82, 2.24) is 4.90 Å². The monoisotopic (exact) mass is 249 g/mol. The molecule has 4 heteroatoms. The average molecular weight is 249 g/mol. The number of carbonyl (C=O) groups excluding carboxylic acids is 2. The molecule has 0 atom stereocenters. The number of ketones is 1. The van der Waals surface area contributed by atoms with Crippen LogP contribution in [0, 0.1) is 5.82 Å². The van der Waals surface area contributed by atoms with E-state index in [0.29, 0.717) is 13.0 Å². The number of hydrogen-bond acceptors (Lipinski definition) is 2. The quantitative estimate of drug-likeness (QED) is 0.803. The van der Waals surface area contributed by atoms with E-state index in [1.807, 2.05) is 0 Å². The van der Waals surface area contributed by atoms with Gasteiger partial charge in [0.05, 0.1) is 12.0 Å². The van der Waals surface area contributed by atoms with Crippen molar-refractivity contribution in [2.24, 2.45) is 0 Å². The van der Waals surface area contributed by atoms with E-state index in [-0.39, 0.29) is 23.9 Å². The van der Waals surface area contributed by atoms with Crippen molar-refractivity contribution in [1.29, 1.82) is 0 Å². The van der Waals surface area contributed by atoms with Crippen molar-refractivity contribution in [3.63, 3.8) is 0 Å². The van der Waals surface area contributed by atoms with Gasteiger partial charge in [-0.1, -0.05) is 12.1 Å². The van der Waals surface area contributed by atoms with E-state index in [2.05, 4.69) is 0 Å². The van der Waals surface area contributed by atoms with Gasteiger partial charge in [-0.3, -0.25) is 9.59 Å². The zero-order valence-corrected chi connectivity index (χ0v) is 10.6. The summed E-state index contributed by atoms with van der Waals surface area (Å²) in [6.07, 6.45) is 0.624. The number of nitrogens with zero attached hydrogens (tertiary/aromatic N) is 1. The van der Waals surface area contributed by atoms with Crippen LogP contribution in [0.4, 0.5) is 4.39 Å². The maximum absolute atomic E-state index is 12.8. The minimum absolute atomic E-state index is 0.0857. The lowest BCUT2D eigenvalue weighted by atomic mass is 10.00. The van der Waals surface area contributed by atoms with Gasteiger partial charge in [-0.15, -0.1) is 0 Å². The Bertz CT molecular complexity index is 479. The molecule has 1 aliphatic heterocycles. The van der Waals surface area contributed by atoms with Crippen molar-refractivity contribution >= 4 is 11.7 Å². The molecule has 0 bridgehead atoms. The van der Waals surface area contributed by atoms with Crippen molar-refractivity contribution in [2.45, 2.75) is 32.2 Å². The fourth-order valence-electron chi connectivity index (χ4n) is 2.26. The molecule has 0 radical (unpaired) electrons. The highest BCUT2D eigenvalue weighted by Crippen LogP contribution is 2.25. The highest BCUT2D eigenvalue weighted by atomic mass is 19.1. The average Bonchev–Trinajstić information content (AvgIpc) is 2.57. The number of benzene rings is 1. The molecule has 1 fully saturated rings. The van der Waals surface area contributed by atoms with Crippen LogP contribution in [0.5, 0.6) is 0 Å². The van der Waals surface area contributed by atoms with Crippen LogP contribution in [0.1, 0.15) is 25.8 Å². The fraction of sp³-hybridized carbons (Fsp3) is 0.429. The summed E-state index contributed by atoms with van der Waals surface area (Å²) < 4.78 is 12.8. The van der Waals surface area contributed by atoms with Crippen molar-refractivity contribution in [3.8, 4) is 0 Å². The van der Waals surface area contributed by atoms with E-state index in [1.54, 1.807) is 30.9 Å². The molecule has 1 aliphatic rings. The molecule has 1 heterocycles. The van der Waals surface area contributed by atoms with Gasteiger partial charge < -0.3 is 4.90 Å². The van der Waals surface area contributed by atoms with Gasteiger partial charge in [0.15, 0.2) is 5.78 Å². The van der Waals surface area contributed by atoms with E-state index < -0.39 is 5.54 Å². The third-order valence-electron chi connectivity index (χ3n) is 3.49.